The molecule has 0 saturated carbocycles. The molecular weight excluding hydrogens is 512 g/mol. The minimum absolute atomic E-state index is 0. The number of hydrogen-bond acceptors (Lipinski definition) is 4. The van der Waals surface area contributed by atoms with Crippen LogP contribution in [0.4, 0.5) is 0 Å². The Kier molecular flexibility index (Phi) is 42.8. The minimum atomic E-state index is -0.289. The molecule has 116 valence electrons. The van der Waals surface area contributed by atoms with E-state index in [-0.39, 0.29) is 129 Å². The Morgan fingerprint density at radius 2 is 1.64 bits per heavy atom. The Labute approximate surface area is 205 Å². The Balaban J connectivity index is -0.0000000464. The molecule has 2 aromatic rings. The number of hydrogen-bond donors (Lipinski definition) is 1. The van der Waals surface area contributed by atoms with Gasteiger partial charge in [0.1, 0.15) is 0 Å². The van der Waals surface area contributed by atoms with Crippen LogP contribution in [0.2, 0.25) is 0 Å². The number of aromatic amines is 1. The first-order valence-electron chi connectivity index (χ1n) is 4.58. The van der Waals surface area contributed by atoms with Crippen LogP contribution in [0.1, 0.15) is 6.92 Å². The van der Waals surface area contributed by atoms with Crippen LogP contribution in [0, 0.1) is 27.2 Å². The van der Waals surface area contributed by atoms with Crippen molar-refractivity contribution in [3.05, 3.63) is 72.7 Å². The second kappa shape index (κ2) is 24.4. The van der Waals surface area contributed by atoms with Gasteiger partial charge in [-0.3, -0.25) is 9.59 Å². The van der Waals surface area contributed by atoms with E-state index in [4.69, 9.17) is 0 Å². The maximum Gasteiger partial charge on any atom is 0.176 e. The van der Waals surface area contributed by atoms with Gasteiger partial charge in [0.15, 0.2) is 11.1 Å². The summed E-state index contributed by atoms with van der Waals surface area (Å²) in [5.41, 5.74) is -0.456. The third-order valence-corrected chi connectivity index (χ3v) is 1.61. The van der Waals surface area contributed by atoms with Gasteiger partial charge in [0.05, 0.1) is 0 Å². The van der Waals surface area contributed by atoms with E-state index in [2.05, 4.69) is 27.3 Å². The standard InChI is InChI=1S/C6H7N2O.C4H3N2O.2CH3.2V.2Y/c1-2-8-4-3-7-5-6(8)9;7-4-3-5-1-2-6-4;;;;;;/h3-4H,2H2,1H3;1-2H,(H,6,7);2*1H3;;;;/q4*-1;;;;. The van der Waals surface area contributed by atoms with Crippen molar-refractivity contribution in [3.63, 3.8) is 0 Å². The Hall–Kier alpha value is 1.14. The SMILES string of the molecule is CCn1ccn[c-]c1=O.O=c1[c-]ncc[nH]1.[CH3-].[CH3-].[V].[V].[Y].[Y]. The van der Waals surface area contributed by atoms with Crippen LogP contribution in [0.25, 0.3) is 0 Å². The average Bonchev–Trinajstić information content (AvgIpc) is 2.31. The number of aromatic nitrogens is 4. The molecule has 0 fully saturated rings. The second-order valence-electron chi connectivity index (χ2n) is 2.66. The summed E-state index contributed by atoms with van der Waals surface area (Å²) in [6.45, 7) is 2.58. The average molecular weight is 528 g/mol. The Morgan fingerprint density at radius 3 is 1.91 bits per heavy atom. The zero-order chi connectivity index (χ0) is 11.8. The summed E-state index contributed by atoms with van der Waals surface area (Å²) in [7, 11) is 0. The molecule has 1 N–H and O–H groups in total. The zero-order valence-electron chi connectivity index (χ0n) is 12.7. The van der Waals surface area contributed by atoms with Gasteiger partial charge in [-0.05, 0) is 6.92 Å². The molecule has 22 heavy (non-hydrogen) atoms. The maximum atomic E-state index is 10.7. The van der Waals surface area contributed by atoms with E-state index < -0.39 is 0 Å². The Bertz CT molecular complexity index is 535. The molecule has 2 rings (SSSR count). The third kappa shape index (κ3) is 17.5. The quantitative estimate of drug-likeness (QED) is 0.549. The first-order valence-corrected chi connectivity index (χ1v) is 4.58. The molecule has 10 heteroatoms. The molecule has 2 heterocycles. The van der Waals surface area contributed by atoms with Crippen LogP contribution in [-0.2, 0) is 109 Å². The van der Waals surface area contributed by atoms with Gasteiger partial charge >= 0.3 is 0 Å². The van der Waals surface area contributed by atoms with Crippen molar-refractivity contribution in [1.82, 2.24) is 19.5 Å². The molecule has 0 aromatic carbocycles. The second-order valence-corrected chi connectivity index (χ2v) is 2.66. The fourth-order valence-corrected chi connectivity index (χ4v) is 0.866. The number of H-pyrrole nitrogens is 1. The molecule has 0 amide bonds. The first kappa shape index (κ1) is 38.6. The minimum Gasteiger partial charge on any atom is -0.452 e. The van der Waals surface area contributed by atoms with Crippen molar-refractivity contribution >= 4 is 0 Å². The normalized spacial score (nSPS) is 6.59. The van der Waals surface area contributed by atoms with Gasteiger partial charge in [-0.25, -0.2) is 0 Å². The predicted molar refractivity (Wildman–Crippen MR) is 69.5 cm³/mol. The summed E-state index contributed by atoms with van der Waals surface area (Å²) < 4.78 is 1.53. The number of aryl methyl sites for hydroxylation is 1. The largest absolute Gasteiger partial charge is 0.452 e. The number of nitrogens with one attached hydrogen (secondary N) is 1. The van der Waals surface area contributed by atoms with Gasteiger partial charge in [-0.2, -0.15) is 0 Å². The van der Waals surface area contributed by atoms with Gasteiger partial charge < -0.3 is 34.4 Å². The summed E-state index contributed by atoms with van der Waals surface area (Å²) in [5, 5.41) is 0. The van der Waals surface area contributed by atoms with Gasteiger partial charge in [0.2, 0.25) is 0 Å². The van der Waals surface area contributed by atoms with E-state index in [9.17, 15) is 9.59 Å². The molecule has 0 aliphatic carbocycles. The summed E-state index contributed by atoms with van der Waals surface area (Å²) in [6, 6.07) is 0. The monoisotopic (exact) mass is 528 g/mol. The van der Waals surface area contributed by atoms with Crippen molar-refractivity contribution < 1.29 is 103 Å². The summed E-state index contributed by atoms with van der Waals surface area (Å²) >= 11 is 0. The smallest absolute Gasteiger partial charge is 0.176 e. The first-order chi connectivity index (χ1) is 7.74. The molecule has 4 radical (unpaired) electrons. The van der Waals surface area contributed by atoms with E-state index in [1.165, 1.54) is 17.0 Å². The molecule has 0 saturated heterocycles. The van der Waals surface area contributed by atoms with Crippen LogP contribution in [0.3, 0.4) is 0 Å². The predicted octanol–water partition coefficient (Wildman–Crippen LogP) is 0.524. The van der Waals surface area contributed by atoms with Crippen molar-refractivity contribution in [2.24, 2.45) is 0 Å². The van der Waals surface area contributed by atoms with Crippen LogP contribution in [-0.4, -0.2) is 19.5 Å². The molecule has 0 unspecified atom stereocenters. The topological polar surface area (TPSA) is 80.6 Å². The third-order valence-electron chi connectivity index (χ3n) is 1.61. The summed E-state index contributed by atoms with van der Waals surface area (Å²) in [6.07, 6.45) is 10.6. The maximum absolute atomic E-state index is 10.7. The van der Waals surface area contributed by atoms with Gasteiger partial charge in [-0.15, -0.1) is 12.4 Å². The number of rotatable bonds is 1. The van der Waals surface area contributed by atoms with Crippen LogP contribution in [0.5, 0.6) is 0 Å². The van der Waals surface area contributed by atoms with Crippen LogP contribution >= 0.6 is 0 Å². The van der Waals surface area contributed by atoms with E-state index in [0.29, 0.717) is 6.54 Å². The molecule has 6 nitrogen and oxygen atoms in total. The van der Waals surface area contributed by atoms with E-state index >= 15 is 0 Å². The summed E-state index contributed by atoms with van der Waals surface area (Å²) in [4.78, 5) is 30.1. The zero-order valence-corrected chi connectivity index (χ0v) is 21.2. The molecular formula is C12H16N4O2V2Y2-4. The molecule has 0 spiro atoms. The molecule has 0 atom stereocenters. The van der Waals surface area contributed by atoms with Crippen LogP contribution in [0.15, 0.2) is 34.4 Å². The van der Waals surface area contributed by atoms with Crippen molar-refractivity contribution in [1.29, 1.82) is 0 Å². The number of nitrogens with zero attached hydrogens (tertiary/aromatic N) is 3. The Morgan fingerprint density at radius 1 is 1.09 bits per heavy atom. The van der Waals surface area contributed by atoms with Crippen molar-refractivity contribution in [2.45, 2.75) is 13.5 Å². The van der Waals surface area contributed by atoms with Gasteiger partial charge in [0, 0.05) is 109 Å². The molecule has 0 aliphatic rings. The summed E-state index contributed by atoms with van der Waals surface area (Å²) in [5.74, 6) is 0. The molecule has 0 bridgehead atoms. The van der Waals surface area contributed by atoms with E-state index in [1.54, 1.807) is 12.4 Å². The molecule has 2 aromatic heterocycles. The van der Waals surface area contributed by atoms with Gasteiger partial charge in [-0.1, -0.05) is 24.8 Å². The fourth-order valence-electron chi connectivity index (χ4n) is 0.866. The van der Waals surface area contributed by atoms with Crippen LogP contribution < -0.4 is 11.1 Å². The van der Waals surface area contributed by atoms with E-state index in [0.717, 1.165) is 0 Å². The van der Waals surface area contributed by atoms with E-state index in [1.807, 2.05) is 6.92 Å². The van der Waals surface area contributed by atoms with Crippen molar-refractivity contribution in [3.8, 4) is 0 Å². The van der Waals surface area contributed by atoms with Gasteiger partial charge in [0.25, 0.3) is 0 Å². The fraction of sp³-hybridized carbons (Fsp3) is 0.167. The molecule has 0 aliphatic heterocycles. The van der Waals surface area contributed by atoms with Crippen molar-refractivity contribution in [2.75, 3.05) is 0 Å².